The molecule has 0 aromatic heterocycles. The van der Waals surface area contributed by atoms with Crippen molar-refractivity contribution in [3.8, 4) is 5.75 Å². The number of hydrogen-bond acceptors (Lipinski definition) is 9. The van der Waals surface area contributed by atoms with Gasteiger partial charge in [-0.25, -0.2) is 0 Å². The predicted octanol–water partition coefficient (Wildman–Crippen LogP) is 4.29. The van der Waals surface area contributed by atoms with Crippen LogP contribution in [-0.4, -0.2) is 37.0 Å². The summed E-state index contributed by atoms with van der Waals surface area (Å²) in [5.41, 5.74) is 5.94. The summed E-state index contributed by atoms with van der Waals surface area (Å²) in [5.74, 6) is -1.08. The molecule has 0 aliphatic rings. The number of nitrogens with one attached hydrogen (secondary N) is 1. The molecule has 4 rings (SSSR count). The molecule has 0 heterocycles. The van der Waals surface area contributed by atoms with E-state index in [2.05, 4.69) is 15.5 Å². The Morgan fingerprint density at radius 2 is 1.54 bits per heavy atom. The summed E-state index contributed by atoms with van der Waals surface area (Å²) in [6, 6.07) is 16.2. The van der Waals surface area contributed by atoms with Gasteiger partial charge < -0.3 is 16.2 Å². The van der Waals surface area contributed by atoms with Crippen LogP contribution in [0.1, 0.15) is 10.4 Å². The van der Waals surface area contributed by atoms with Crippen LogP contribution in [0.2, 0.25) is 0 Å². The highest BCUT2D eigenvalue weighted by Crippen LogP contribution is 2.41. The maximum absolute atomic E-state index is 12.5. The Morgan fingerprint density at radius 1 is 0.838 bits per heavy atom. The van der Waals surface area contributed by atoms with Gasteiger partial charge in [0, 0.05) is 17.3 Å². The van der Waals surface area contributed by atoms with Gasteiger partial charge in [-0.15, -0.1) is 10.2 Å². The summed E-state index contributed by atoms with van der Waals surface area (Å²) in [6.07, 6.45) is 0. The van der Waals surface area contributed by atoms with Crippen LogP contribution in [-0.2, 0) is 20.2 Å². The number of carbonyl (C=O) groups is 1. The van der Waals surface area contributed by atoms with Gasteiger partial charge in [0.25, 0.3) is 26.1 Å². The van der Waals surface area contributed by atoms with E-state index in [0.717, 1.165) is 24.3 Å². The number of hydrogen-bond donors (Lipinski definition) is 5. The minimum Gasteiger partial charge on any atom is -0.507 e. The zero-order valence-corrected chi connectivity index (χ0v) is 20.2. The molecule has 0 fully saturated rings. The summed E-state index contributed by atoms with van der Waals surface area (Å²) < 4.78 is 65.7. The van der Waals surface area contributed by atoms with Gasteiger partial charge in [0.1, 0.15) is 22.0 Å². The van der Waals surface area contributed by atoms with E-state index in [1.807, 2.05) is 0 Å². The highest BCUT2D eigenvalue weighted by Gasteiger charge is 2.19. The van der Waals surface area contributed by atoms with Crippen LogP contribution in [0.4, 0.5) is 22.7 Å². The Hall–Kier alpha value is -4.37. The molecule has 0 radical (unpaired) electrons. The summed E-state index contributed by atoms with van der Waals surface area (Å²) >= 11 is 0. The lowest BCUT2D eigenvalue weighted by atomic mass is 10.1. The van der Waals surface area contributed by atoms with Gasteiger partial charge in [0.2, 0.25) is 0 Å². The molecule has 6 N–H and O–H groups in total. The fraction of sp³-hybridized carbons (Fsp3) is 0. The first-order valence-corrected chi connectivity index (χ1v) is 13.1. The van der Waals surface area contributed by atoms with Crippen LogP contribution in [0.5, 0.6) is 5.75 Å². The third-order valence-electron chi connectivity index (χ3n) is 5.16. The largest absolute Gasteiger partial charge is 0.507 e. The van der Waals surface area contributed by atoms with E-state index in [4.69, 9.17) is 5.73 Å². The summed E-state index contributed by atoms with van der Waals surface area (Å²) in [6.45, 7) is 0. The summed E-state index contributed by atoms with van der Waals surface area (Å²) in [7, 11) is -9.39. The van der Waals surface area contributed by atoms with Crippen LogP contribution >= 0.6 is 0 Å². The highest BCUT2D eigenvalue weighted by atomic mass is 32.2. The van der Waals surface area contributed by atoms with E-state index >= 15 is 0 Å². The number of nitrogens with zero attached hydrogens (tertiary/aromatic N) is 2. The van der Waals surface area contributed by atoms with Crippen molar-refractivity contribution in [3.05, 3.63) is 78.4 Å². The normalized spacial score (nSPS) is 12.2. The third kappa shape index (κ3) is 5.57. The topological polar surface area (TPSA) is 209 Å². The zero-order valence-electron chi connectivity index (χ0n) is 18.6. The first-order valence-electron chi connectivity index (χ1n) is 10.3. The number of carbonyl (C=O) groups excluding carboxylic acids is 1. The Balaban J connectivity index is 1.81. The molecular weight excluding hydrogens is 524 g/mol. The van der Waals surface area contributed by atoms with Crippen molar-refractivity contribution in [1.29, 1.82) is 0 Å². The average molecular weight is 543 g/mol. The van der Waals surface area contributed by atoms with Crippen LogP contribution in [0.3, 0.4) is 0 Å². The van der Waals surface area contributed by atoms with Crippen molar-refractivity contribution in [2.24, 2.45) is 10.2 Å². The lowest BCUT2D eigenvalue weighted by Gasteiger charge is -2.10. The van der Waals surface area contributed by atoms with Crippen LogP contribution in [0.15, 0.2) is 92.8 Å². The smallest absolute Gasteiger partial charge is 0.296 e. The van der Waals surface area contributed by atoms with Crippen LogP contribution in [0.25, 0.3) is 10.8 Å². The molecule has 0 unspecified atom stereocenters. The summed E-state index contributed by atoms with van der Waals surface area (Å²) in [4.78, 5) is 11.3. The Kier molecular flexibility index (Phi) is 6.66. The van der Waals surface area contributed by atoms with Gasteiger partial charge in [-0.05, 0) is 47.9 Å². The van der Waals surface area contributed by atoms with E-state index in [9.17, 15) is 35.8 Å². The molecule has 0 atom stereocenters. The highest BCUT2D eigenvalue weighted by molar-refractivity contribution is 7.86. The summed E-state index contributed by atoms with van der Waals surface area (Å²) in [5, 5.41) is 21.0. The number of fused-ring (bicyclic) bond motifs is 1. The van der Waals surface area contributed by atoms with Gasteiger partial charge >= 0.3 is 0 Å². The second kappa shape index (κ2) is 9.59. The molecule has 0 bridgehead atoms. The molecule has 14 heteroatoms. The lowest BCUT2D eigenvalue weighted by molar-refractivity contribution is 0.102. The van der Waals surface area contributed by atoms with Crippen molar-refractivity contribution in [2.45, 2.75) is 9.79 Å². The molecule has 190 valence electrons. The number of phenolic OH excluding ortho intramolecular Hbond substituents is 1. The molecule has 1 amide bonds. The Morgan fingerprint density at radius 3 is 2.19 bits per heavy atom. The first-order chi connectivity index (χ1) is 17.3. The van der Waals surface area contributed by atoms with E-state index < -0.39 is 41.7 Å². The number of anilines is 2. The van der Waals surface area contributed by atoms with Crippen molar-refractivity contribution < 1.29 is 35.8 Å². The number of nitrogen functional groups attached to an aromatic ring is 1. The van der Waals surface area contributed by atoms with Gasteiger partial charge in [-0.3, -0.25) is 13.9 Å². The van der Waals surface area contributed by atoms with E-state index in [-0.39, 0.29) is 33.5 Å². The van der Waals surface area contributed by atoms with Crippen molar-refractivity contribution >= 4 is 59.7 Å². The molecule has 37 heavy (non-hydrogen) atoms. The first kappa shape index (κ1) is 25.7. The minimum atomic E-state index is -4.76. The number of aromatic hydroxyl groups is 1. The maximum atomic E-state index is 12.5. The number of benzene rings is 4. The van der Waals surface area contributed by atoms with Gasteiger partial charge in [0.15, 0.2) is 0 Å². The molecular formula is C23H18N4O8S2. The zero-order chi connectivity index (χ0) is 27.0. The maximum Gasteiger partial charge on any atom is 0.296 e. The van der Waals surface area contributed by atoms with Gasteiger partial charge in [-0.2, -0.15) is 16.8 Å². The Labute approximate surface area is 210 Å². The molecule has 0 spiro atoms. The Bertz CT molecular complexity index is 1790. The van der Waals surface area contributed by atoms with E-state index in [1.165, 1.54) is 18.2 Å². The quantitative estimate of drug-likeness (QED) is 0.133. The molecule has 0 aliphatic carbocycles. The number of nitrogens with two attached hydrogens (primary N) is 1. The second-order valence-electron chi connectivity index (χ2n) is 7.70. The fourth-order valence-corrected chi connectivity index (χ4v) is 4.60. The van der Waals surface area contributed by atoms with Crippen molar-refractivity contribution in [1.82, 2.24) is 0 Å². The number of phenols is 1. The minimum absolute atomic E-state index is 0.00639. The third-order valence-corrected chi connectivity index (χ3v) is 6.89. The van der Waals surface area contributed by atoms with Gasteiger partial charge in [-0.1, -0.05) is 24.3 Å². The number of azo groups is 1. The lowest BCUT2D eigenvalue weighted by Crippen LogP contribution is -2.11. The molecule has 4 aromatic rings. The second-order valence-corrected chi connectivity index (χ2v) is 10.5. The number of rotatable bonds is 6. The van der Waals surface area contributed by atoms with Crippen LogP contribution in [0, 0.1) is 0 Å². The SMILES string of the molecule is Nc1ccc2cc(S(=O)(=O)O)cc(O)c2c1N=Nc1cc(NC(=O)c2ccccc2)ccc1S(=O)(=O)O. The monoisotopic (exact) mass is 542 g/mol. The molecule has 0 saturated carbocycles. The molecule has 0 aliphatic heterocycles. The fourth-order valence-electron chi connectivity index (χ4n) is 3.46. The van der Waals surface area contributed by atoms with E-state index in [1.54, 1.807) is 30.3 Å². The van der Waals surface area contributed by atoms with Crippen LogP contribution < -0.4 is 11.1 Å². The molecule has 4 aromatic carbocycles. The molecule has 0 saturated heterocycles. The average Bonchev–Trinajstić information content (AvgIpc) is 2.83. The van der Waals surface area contributed by atoms with E-state index in [0.29, 0.717) is 5.56 Å². The van der Waals surface area contributed by atoms with Crippen molar-refractivity contribution in [2.75, 3.05) is 11.1 Å². The predicted molar refractivity (Wildman–Crippen MR) is 135 cm³/mol. The van der Waals surface area contributed by atoms with Crippen molar-refractivity contribution in [3.63, 3.8) is 0 Å². The number of amides is 1. The molecule has 12 nitrogen and oxygen atoms in total. The standard InChI is InChI=1S/C23H18N4O8S2/c24-17-8-6-14-10-16(36(30,31)32)12-19(28)21(14)22(17)27-26-18-11-15(7-9-20(18)37(33,34)35)25-23(29)13-4-2-1-3-5-13/h1-12,28H,24H2,(H,25,29)(H,30,31,32)(H,33,34,35). The van der Waals surface area contributed by atoms with Gasteiger partial charge in [0.05, 0.1) is 16.0 Å².